The van der Waals surface area contributed by atoms with Crippen LogP contribution in [-0.2, 0) is 0 Å². The molecule has 24 heavy (non-hydrogen) atoms. The fraction of sp³-hybridized carbons (Fsp3) is 0.118. The predicted molar refractivity (Wildman–Crippen MR) is 99.0 cm³/mol. The summed E-state index contributed by atoms with van der Waals surface area (Å²) < 4.78 is 30.8. The molecule has 2 aromatic carbocycles. The molecule has 0 spiro atoms. The Labute approximate surface area is 159 Å². The van der Waals surface area contributed by atoms with E-state index in [1.54, 1.807) is 28.8 Å². The molecule has 0 bridgehead atoms. The largest absolute Gasteiger partial charge is 0.294 e. The van der Waals surface area contributed by atoms with Gasteiger partial charge in [-0.2, -0.15) is 0 Å². The third-order valence-corrected chi connectivity index (χ3v) is 4.72. The van der Waals surface area contributed by atoms with Gasteiger partial charge in [-0.3, -0.25) is 4.57 Å². The van der Waals surface area contributed by atoms with Crippen molar-refractivity contribution in [3.63, 3.8) is 0 Å². The van der Waals surface area contributed by atoms with E-state index in [0.717, 1.165) is 0 Å². The van der Waals surface area contributed by atoms with Gasteiger partial charge in [-0.25, -0.2) is 13.8 Å². The number of alkyl halides is 1. The van der Waals surface area contributed by atoms with Crippen molar-refractivity contribution >= 4 is 43.5 Å². The van der Waals surface area contributed by atoms with Crippen molar-refractivity contribution in [2.24, 2.45) is 0 Å². The highest BCUT2D eigenvalue weighted by molar-refractivity contribution is 9.10. The Morgan fingerprint density at radius 1 is 1.08 bits per heavy atom. The molecule has 0 aliphatic rings. The molecule has 0 amide bonds. The van der Waals surface area contributed by atoms with E-state index in [-0.39, 0.29) is 10.4 Å². The van der Waals surface area contributed by atoms with Crippen molar-refractivity contribution < 1.29 is 8.78 Å². The molecule has 0 aliphatic carbocycles. The summed E-state index contributed by atoms with van der Waals surface area (Å²) in [4.78, 5) is 4.30. The molecule has 2 nitrogen and oxygen atoms in total. The Bertz CT molecular complexity index is 872. The molecule has 3 rings (SSSR count). The average Bonchev–Trinajstić information content (AvgIpc) is 2.86. The third kappa shape index (κ3) is 3.15. The number of imidazole rings is 1. The molecule has 0 N–H and O–H groups in total. The lowest BCUT2D eigenvalue weighted by Crippen LogP contribution is -2.05. The van der Waals surface area contributed by atoms with Crippen LogP contribution in [0, 0.1) is 11.6 Å². The number of aromatic nitrogens is 2. The first-order valence-electron chi connectivity index (χ1n) is 7.02. The van der Waals surface area contributed by atoms with Crippen LogP contribution in [0.1, 0.15) is 17.6 Å². The van der Waals surface area contributed by atoms with Crippen LogP contribution in [0.4, 0.5) is 8.78 Å². The van der Waals surface area contributed by atoms with E-state index in [0.29, 0.717) is 26.8 Å². The van der Waals surface area contributed by atoms with Crippen molar-refractivity contribution in [2.45, 2.75) is 11.8 Å². The second kappa shape index (κ2) is 6.94. The zero-order valence-electron chi connectivity index (χ0n) is 12.4. The van der Waals surface area contributed by atoms with Gasteiger partial charge in [-0.05, 0) is 59.3 Å². The summed E-state index contributed by atoms with van der Waals surface area (Å²) in [5.41, 5.74) is 0.886. The van der Waals surface area contributed by atoms with Crippen molar-refractivity contribution in [1.82, 2.24) is 9.55 Å². The van der Waals surface area contributed by atoms with Gasteiger partial charge in [-0.1, -0.05) is 33.6 Å². The minimum atomic E-state index is -0.653. The molecule has 0 aliphatic heterocycles. The van der Waals surface area contributed by atoms with Gasteiger partial charge < -0.3 is 0 Å². The van der Waals surface area contributed by atoms with Crippen LogP contribution in [-0.4, -0.2) is 9.55 Å². The molecule has 3 aromatic rings. The summed E-state index contributed by atoms with van der Waals surface area (Å²) in [6.07, 6.45) is 0. The van der Waals surface area contributed by atoms with E-state index in [4.69, 9.17) is 11.6 Å². The van der Waals surface area contributed by atoms with Crippen LogP contribution in [0.2, 0.25) is 5.02 Å². The van der Waals surface area contributed by atoms with Gasteiger partial charge >= 0.3 is 0 Å². The first-order valence-corrected chi connectivity index (χ1v) is 9.11. The zero-order chi connectivity index (χ0) is 17.4. The van der Waals surface area contributed by atoms with E-state index in [1.165, 1.54) is 18.2 Å². The lowest BCUT2D eigenvalue weighted by Gasteiger charge is -2.14. The minimum absolute atomic E-state index is 0.131. The summed E-state index contributed by atoms with van der Waals surface area (Å²) in [6.45, 7) is 1.89. The molecule has 1 unspecified atom stereocenters. The maximum atomic E-state index is 14.4. The summed E-state index contributed by atoms with van der Waals surface area (Å²) in [6, 6.07) is 10.8. The highest BCUT2D eigenvalue weighted by Gasteiger charge is 2.25. The number of halogens is 5. The van der Waals surface area contributed by atoms with Crippen molar-refractivity contribution in [1.29, 1.82) is 0 Å². The Morgan fingerprint density at radius 2 is 1.67 bits per heavy atom. The fourth-order valence-electron chi connectivity index (χ4n) is 2.47. The van der Waals surface area contributed by atoms with E-state index in [2.05, 4.69) is 36.8 Å². The van der Waals surface area contributed by atoms with Crippen LogP contribution in [0.5, 0.6) is 0 Å². The normalized spacial score (nSPS) is 12.4. The summed E-state index contributed by atoms with van der Waals surface area (Å²) in [5.74, 6) is -0.693. The maximum absolute atomic E-state index is 14.4. The lowest BCUT2D eigenvalue weighted by atomic mass is 10.1. The number of nitrogens with zero attached hydrogens (tertiary/aromatic N) is 2. The first kappa shape index (κ1) is 17.6. The van der Waals surface area contributed by atoms with Crippen LogP contribution in [0.15, 0.2) is 47.1 Å². The van der Waals surface area contributed by atoms with Gasteiger partial charge in [0.05, 0.1) is 16.1 Å². The summed E-state index contributed by atoms with van der Waals surface area (Å²) in [7, 11) is 0. The molecular formula is C17H11Br2ClF2N2. The quantitative estimate of drug-likeness (QED) is 0.385. The second-order valence-electron chi connectivity index (χ2n) is 5.13. The number of benzene rings is 2. The molecule has 0 saturated carbocycles. The van der Waals surface area contributed by atoms with Crippen LogP contribution < -0.4 is 0 Å². The van der Waals surface area contributed by atoms with Crippen LogP contribution in [0.25, 0.3) is 16.9 Å². The minimum Gasteiger partial charge on any atom is -0.294 e. The lowest BCUT2D eigenvalue weighted by molar-refractivity contribution is 0.587. The highest BCUT2D eigenvalue weighted by atomic mass is 79.9. The second-order valence-corrected chi connectivity index (χ2v) is 7.69. The van der Waals surface area contributed by atoms with Crippen LogP contribution >= 0.6 is 43.5 Å². The zero-order valence-corrected chi connectivity index (χ0v) is 16.3. The highest BCUT2D eigenvalue weighted by Crippen LogP contribution is 2.38. The maximum Gasteiger partial charge on any atom is 0.135 e. The van der Waals surface area contributed by atoms with Crippen molar-refractivity contribution in [3.05, 3.63) is 69.5 Å². The SMILES string of the molecule is CC(Br)c1nc(Br)c(-c2c(F)cccc2F)n1-c1ccc(Cl)cc1. The van der Waals surface area contributed by atoms with Crippen molar-refractivity contribution in [3.8, 4) is 16.9 Å². The molecular weight excluding hydrogens is 465 g/mol. The van der Waals surface area contributed by atoms with Gasteiger partial charge in [-0.15, -0.1) is 0 Å². The Kier molecular flexibility index (Phi) is 5.08. The van der Waals surface area contributed by atoms with E-state index in [1.807, 2.05) is 6.92 Å². The Morgan fingerprint density at radius 3 is 2.21 bits per heavy atom. The molecule has 1 atom stereocenters. The number of hydrogen-bond donors (Lipinski definition) is 0. The molecule has 0 saturated heterocycles. The molecule has 124 valence electrons. The Balaban J connectivity index is 2.36. The van der Waals surface area contributed by atoms with Crippen molar-refractivity contribution in [2.75, 3.05) is 0 Å². The third-order valence-electron chi connectivity index (χ3n) is 3.50. The van der Waals surface area contributed by atoms with E-state index < -0.39 is 11.6 Å². The van der Waals surface area contributed by atoms with Crippen LogP contribution in [0.3, 0.4) is 0 Å². The van der Waals surface area contributed by atoms with E-state index >= 15 is 0 Å². The Hall–Kier alpha value is -1.24. The number of rotatable bonds is 3. The summed E-state index contributed by atoms with van der Waals surface area (Å²) >= 11 is 12.8. The van der Waals surface area contributed by atoms with Gasteiger partial charge in [0.1, 0.15) is 22.1 Å². The van der Waals surface area contributed by atoms with Gasteiger partial charge in [0.15, 0.2) is 0 Å². The molecule has 7 heteroatoms. The molecule has 0 fully saturated rings. The molecule has 1 heterocycles. The van der Waals surface area contributed by atoms with E-state index in [9.17, 15) is 8.78 Å². The number of hydrogen-bond acceptors (Lipinski definition) is 1. The van der Waals surface area contributed by atoms with Gasteiger partial charge in [0.25, 0.3) is 0 Å². The topological polar surface area (TPSA) is 17.8 Å². The first-order chi connectivity index (χ1) is 11.4. The fourth-order valence-corrected chi connectivity index (χ4v) is 3.46. The average molecular weight is 477 g/mol. The predicted octanol–water partition coefficient (Wildman–Crippen LogP) is 6.69. The molecule has 0 radical (unpaired) electrons. The molecule has 1 aromatic heterocycles. The van der Waals surface area contributed by atoms with Gasteiger partial charge in [0, 0.05) is 10.7 Å². The monoisotopic (exact) mass is 474 g/mol. The summed E-state index contributed by atoms with van der Waals surface area (Å²) in [5, 5.41) is 0.574. The smallest absolute Gasteiger partial charge is 0.135 e. The van der Waals surface area contributed by atoms with Gasteiger partial charge in [0.2, 0.25) is 0 Å². The standard InChI is InChI=1S/C17H11Br2ClF2N2/c1-9(18)17-23-16(19)15(14-12(21)3-2-4-13(14)22)24(17)11-7-5-10(20)6-8-11/h2-9H,1H3.